The van der Waals surface area contributed by atoms with Crippen molar-refractivity contribution in [2.24, 2.45) is 0 Å². The molecule has 0 bridgehead atoms. The van der Waals surface area contributed by atoms with Crippen LogP contribution in [0.3, 0.4) is 0 Å². The molecule has 34 heavy (non-hydrogen) atoms. The summed E-state index contributed by atoms with van der Waals surface area (Å²) in [6, 6.07) is 4.92. The average molecular weight is 474 g/mol. The highest BCUT2D eigenvalue weighted by Crippen LogP contribution is 2.18. The van der Waals surface area contributed by atoms with Gasteiger partial charge in [0.15, 0.2) is 0 Å². The SMILES string of the molecule is CCCCCCCCCCCC(=O)Nc1cc(C(=O)NC(C)CC)cc(C(=O)NC(C)CC)c1. The molecular weight excluding hydrogens is 426 g/mol. The first-order valence-electron chi connectivity index (χ1n) is 13.4. The first-order valence-corrected chi connectivity index (χ1v) is 13.4. The van der Waals surface area contributed by atoms with Crippen molar-refractivity contribution in [3.05, 3.63) is 29.3 Å². The van der Waals surface area contributed by atoms with Crippen molar-refractivity contribution in [1.29, 1.82) is 0 Å². The minimum Gasteiger partial charge on any atom is -0.350 e. The number of carbonyl (C=O) groups is 3. The van der Waals surface area contributed by atoms with Crippen LogP contribution in [0.2, 0.25) is 0 Å². The van der Waals surface area contributed by atoms with Crippen molar-refractivity contribution >= 4 is 23.4 Å². The van der Waals surface area contributed by atoms with Crippen LogP contribution in [-0.4, -0.2) is 29.8 Å². The second kappa shape index (κ2) is 17.1. The highest BCUT2D eigenvalue weighted by atomic mass is 16.2. The van der Waals surface area contributed by atoms with E-state index in [-0.39, 0.29) is 29.8 Å². The molecule has 1 aromatic carbocycles. The van der Waals surface area contributed by atoms with Gasteiger partial charge in [-0.2, -0.15) is 0 Å². The zero-order valence-electron chi connectivity index (χ0n) is 22.1. The molecule has 0 saturated heterocycles. The lowest BCUT2D eigenvalue weighted by molar-refractivity contribution is -0.116. The van der Waals surface area contributed by atoms with Gasteiger partial charge in [-0.1, -0.05) is 72.1 Å². The molecule has 0 aliphatic rings. The van der Waals surface area contributed by atoms with Gasteiger partial charge in [0, 0.05) is 35.3 Å². The van der Waals surface area contributed by atoms with Crippen LogP contribution in [0.4, 0.5) is 5.69 Å². The Balaban J connectivity index is 2.71. The van der Waals surface area contributed by atoms with E-state index in [4.69, 9.17) is 0 Å². The Morgan fingerprint density at radius 3 is 1.56 bits per heavy atom. The number of benzene rings is 1. The van der Waals surface area contributed by atoms with Gasteiger partial charge in [0.05, 0.1) is 0 Å². The smallest absolute Gasteiger partial charge is 0.251 e. The monoisotopic (exact) mass is 473 g/mol. The highest BCUT2D eigenvalue weighted by molar-refractivity contribution is 6.02. The quantitative estimate of drug-likeness (QED) is 0.223. The van der Waals surface area contributed by atoms with E-state index in [1.54, 1.807) is 18.2 Å². The summed E-state index contributed by atoms with van der Waals surface area (Å²) in [6.45, 7) is 10.1. The minimum absolute atomic E-state index is 0.0229. The molecule has 1 aromatic rings. The number of rotatable bonds is 17. The molecular formula is C28H47N3O3. The van der Waals surface area contributed by atoms with Gasteiger partial charge in [0.1, 0.15) is 0 Å². The summed E-state index contributed by atoms with van der Waals surface area (Å²) in [4.78, 5) is 37.9. The fraction of sp³-hybridized carbons (Fsp3) is 0.679. The molecule has 0 saturated carbocycles. The molecule has 192 valence electrons. The summed E-state index contributed by atoms with van der Waals surface area (Å²) in [5.41, 5.74) is 1.22. The van der Waals surface area contributed by atoms with E-state index < -0.39 is 0 Å². The van der Waals surface area contributed by atoms with E-state index >= 15 is 0 Å². The topological polar surface area (TPSA) is 87.3 Å². The van der Waals surface area contributed by atoms with Crippen LogP contribution in [0.25, 0.3) is 0 Å². The predicted octanol–water partition coefficient (Wildman–Crippen LogP) is 6.60. The minimum atomic E-state index is -0.248. The summed E-state index contributed by atoms with van der Waals surface area (Å²) < 4.78 is 0. The van der Waals surface area contributed by atoms with Gasteiger partial charge < -0.3 is 16.0 Å². The van der Waals surface area contributed by atoms with Crippen LogP contribution in [0.15, 0.2) is 18.2 Å². The summed E-state index contributed by atoms with van der Waals surface area (Å²) >= 11 is 0. The van der Waals surface area contributed by atoms with Gasteiger partial charge >= 0.3 is 0 Å². The van der Waals surface area contributed by atoms with Gasteiger partial charge in [-0.05, 0) is 51.3 Å². The van der Waals surface area contributed by atoms with Gasteiger partial charge in [0.25, 0.3) is 11.8 Å². The van der Waals surface area contributed by atoms with Crippen molar-refractivity contribution in [2.45, 2.75) is 124 Å². The number of nitrogens with one attached hydrogen (secondary N) is 3. The predicted molar refractivity (Wildman–Crippen MR) is 141 cm³/mol. The lowest BCUT2D eigenvalue weighted by atomic mass is 10.1. The fourth-order valence-electron chi connectivity index (χ4n) is 3.60. The van der Waals surface area contributed by atoms with Crippen LogP contribution in [0, 0.1) is 0 Å². The van der Waals surface area contributed by atoms with E-state index in [1.807, 2.05) is 27.7 Å². The third kappa shape index (κ3) is 12.2. The number of hydrogen-bond acceptors (Lipinski definition) is 3. The summed E-state index contributed by atoms with van der Waals surface area (Å²) in [5, 5.41) is 8.76. The molecule has 1 rings (SSSR count). The standard InChI is InChI=1S/C28H47N3O3/c1-6-9-10-11-12-13-14-15-16-17-26(32)31-25-19-23(27(33)29-21(4)7-2)18-24(20-25)28(34)30-22(5)8-3/h18-22H,6-17H2,1-5H3,(H,29,33)(H,30,34)(H,31,32). The largest absolute Gasteiger partial charge is 0.350 e. The Labute approximate surface area is 207 Å². The van der Waals surface area contributed by atoms with Gasteiger partial charge in [-0.15, -0.1) is 0 Å². The van der Waals surface area contributed by atoms with Crippen molar-refractivity contribution in [2.75, 3.05) is 5.32 Å². The zero-order chi connectivity index (χ0) is 25.3. The molecule has 0 heterocycles. The normalized spacial score (nSPS) is 12.6. The maximum Gasteiger partial charge on any atom is 0.251 e. The van der Waals surface area contributed by atoms with E-state index in [0.29, 0.717) is 23.2 Å². The maximum atomic E-state index is 12.7. The molecule has 0 aromatic heterocycles. The Bertz CT molecular complexity index is 721. The van der Waals surface area contributed by atoms with Crippen LogP contribution < -0.4 is 16.0 Å². The average Bonchev–Trinajstić information content (AvgIpc) is 2.82. The molecule has 0 aliphatic heterocycles. The second-order valence-corrected chi connectivity index (χ2v) is 9.49. The third-order valence-electron chi connectivity index (χ3n) is 6.23. The number of carbonyl (C=O) groups excluding carboxylic acids is 3. The van der Waals surface area contributed by atoms with Crippen molar-refractivity contribution in [1.82, 2.24) is 10.6 Å². The molecule has 3 N–H and O–H groups in total. The van der Waals surface area contributed by atoms with E-state index in [1.165, 1.54) is 38.5 Å². The number of unbranched alkanes of at least 4 members (excludes halogenated alkanes) is 8. The number of anilines is 1. The van der Waals surface area contributed by atoms with Gasteiger partial charge in [-0.25, -0.2) is 0 Å². The van der Waals surface area contributed by atoms with Gasteiger partial charge in [0.2, 0.25) is 5.91 Å². The Morgan fingerprint density at radius 1 is 0.676 bits per heavy atom. The van der Waals surface area contributed by atoms with Crippen LogP contribution >= 0.6 is 0 Å². The summed E-state index contributed by atoms with van der Waals surface area (Å²) in [5.74, 6) is -0.584. The number of amides is 3. The Hall–Kier alpha value is -2.37. The Kier molecular flexibility index (Phi) is 14.9. The van der Waals surface area contributed by atoms with Crippen LogP contribution in [-0.2, 0) is 4.79 Å². The lowest BCUT2D eigenvalue weighted by Gasteiger charge is -2.16. The molecule has 0 aliphatic carbocycles. The van der Waals surface area contributed by atoms with Crippen molar-refractivity contribution in [3.8, 4) is 0 Å². The van der Waals surface area contributed by atoms with Crippen molar-refractivity contribution in [3.63, 3.8) is 0 Å². The van der Waals surface area contributed by atoms with E-state index in [2.05, 4.69) is 22.9 Å². The van der Waals surface area contributed by atoms with Gasteiger partial charge in [-0.3, -0.25) is 14.4 Å². The first-order chi connectivity index (χ1) is 16.3. The lowest BCUT2D eigenvalue weighted by Crippen LogP contribution is -2.33. The molecule has 2 unspecified atom stereocenters. The highest BCUT2D eigenvalue weighted by Gasteiger charge is 2.16. The van der Waals surface area contributed by atoms with Crippen LogP contribution in [0.1, 0.15) is 132 Å². The third-order valence-corrected chi connectivity index (χ3v) is 6.23. The van der Waals surface area contributed by atoms with E-state index in [0.717, 1.165) is 32.1 Å². The van der Waals surface area contributed by atoms with Crippen molar-refractivity contribution < 1.29 is 14.4 Å². The fourth-order valence-corrected chi connectivity index (χ4v) is 3.60. The molecule has 6 nitrogen and oxygen atoms in total. The molecule has 0 fully saturated rings. The molecule has 2 atom stereocenters. The number of hydrogen-bond donors (Lipinski definition) is 3. The molecule has 0 spiro atoms. The second-order valence-electron chi connectivity index (χ2n) is 9.49. The van der Waals surface area contributed by atoms with Crippen LogP contribution in [0.5, 0.6) is 0 Å². The summed E-state index contributed by atoms with van der Waals surface area (Å²) in [7, 11) is 0. The van der Waals surface area contributed by atoms with E-state index in [9.17, 15) is 14.4 Å². The Morgan fingerprint density at radius 2 is 1.12 bits per heavy atom. The molecule has 3 amide bonds. The molecule has 6 heteroatoms. The summed E-state index contributed by atoms with van der Waals surface area (Å²) in [6.07, 6.45) is 12.8. The molecule has 0 radical (unpaired) electrons. The zero-order valence-corrected chi connectivity index (χ0v) is 22.1. The first kappa shape index (κ1) is 29.7. The maximum absolute atomic E-state index is 12.7.